The topological polar surface area (TPSA) is 36.3 Å². The summed E-state index contributed by atoms with van der Waals surface area (Å²) in [4.78, 5) is 4.78. The summed E-state index contributed by atoms with van der Waals surface area (Å²) in [5.41, 5.74) is 4.66. The second kappa shape index (κ2) is 8.82. The smallest absolute Gasteiger partial charge is 0.147 e. The highest BCUT2D eigenvalue weighted by Crippen LogP contribution is 2.20. The molecule has 4 rings (SSSR count). The molecule has 0 aliphatic carbocycles. The first-order chi connectivity index (χ1) is 14.2. The number of aromatic nitrogens is 2. The van der Waals surface area contributed by atoms with Crippen molar-refractivity contribution in [3.05, 3.63) is 89.7 Å². The number of benzene rings is 3. The number of ether oxygens (including phenoxy) is 2. The number of rotatable bonds is 8. The maximum absolute atomic E-state index is 5.96. The van der Waals surface area contributed by atoms with Gasteiger partial charge in [0, 0.05) is 6.54 Å². The maximum atomic E-state index is 5.96. The minimum absolute atomic E-state index is 0.441. The molecule has 148 valence electrons. The molecule has 0 aliphatic rings. The van der Waals surface area contributed by atoms with Crippen LogP contribution in [0.5, 0.6) is 11.5 Å². The summed E-state index contributed by atoms with van der Waals surface area (Å²) >= 11 is 0. The number of para-hydroxylation sites is 3. The first-order valence-corrected chi connectivity index (χ1v) is 10.0. The number of hydrogen-bond donors (Lipinski definition) is 0. The Labute approximate surface area is 171 Å². The van der Waals surface area contributed by atoms with Crippen LogP contribution in [-0.2, 0) is 13.2 Å². The summed E-state index contributed by atoms with van der Waals surface area (Å²) < 4.78 is 14.1. The molecule has 4 nitrogen and oxygen atoms in total. The van der Waals surface area contributed by atoms with Gasteiger partial charge < -0.3 is 14.0 Å². The van der Waals surface area contributed by atoms with E-state index < -0.39 is 0 Å². The average Bonchev–Trinajstić information content (AvgIpc) is 3.10. The molecular weight excluding hydrogens is 360 g/mol. The van der Waals surface area contributed by atoms with Crippen LogP contribution in [0.3, 0.4) is 0 Å². The Balaban J connectivity index is 1.43. The third kappa shape index (κ3) is 4.60. The lowest BCUT2D eigenvalue weighted by molar-refractivity contribution is 0.280. The highest BCUT2D eigenvalue weighted by molar-refractivity contribution is 5.75. The molecule has 0 bridgehead atoms. The molecule has 1 heterocycles. The van der Waals surface area contributed by atoms with E-state index in [-0.39, 0.29) is 0 Å². The van der Waals surface area contributed by atoms with Crippen molar-refractivity contribution >= 4 is 11.0 Å². The van der Waals surface area contributed by atoms with Crippen molar-refractivity contribution < 1.29 is 9.47 Å². The van der Waals surface area contributed by atoms with Crippen LogP contribution >= 0.6 is 0 Å². The molecule has 0 radical (unpaired) electrons. The largest absolute Gasteiger partial charge is 0.494 e. The summed E-state index contributed by atoms with van der Waals surface area (Å²) in [6.45, 7) is 6.16. The molecule has 0 atom stereocenters. The van der Waals surface area contributed by atoms with Crippen LogP contribution in [0.1, 0.15) is 23.4 Å². The second-order valence-electron chi connectivity index (χ2n) is 7.22. The van der Waals surface area contributed by atoms with Gasteiger partial charge in [0.15, 0.2) is 0 Å². The predicted octanol–water partition coefficient (Wildman–Crippen LogP) is 5.70. The monoisotopic (exact) mass is 386 g/mol. The predicted molar refractivity (Wildman–Crippen MR) is 117 cm³/mol. The SMILES string of the molecule is Cc1ccc(OCCCn2c(COc3ccccc3)nc3ccccc32)cc1C. The van der Waals surface area contributed by atoms with E-state index in [9.17, 15) is 0 Å². The van der Waals surface area contributed by atoms with Crippen molar-refractivity contribution in [1.82, 2.24) is 9.55 Å². The summed E-state index contributed by atoms with van der Waals surface area (Å²) in [5, 5.41) is 0. The normalized spacial score (nSPS) is 11.0. The minimum Gasteiger partial charge on any atom is -0.494 e. The van der Waals surface area contributed by atoms with Gasteiger partial charge in [-0.2, -0.15) is 0 Å². The van der Waals surface area contributed by atoms with Crippen LogP contribution in [-0.4, -0.2) is 16.2 Å². The van der Waals surface area contributed by atoms with Crippen LogP contribution in [0.4, 0.5) is 0 Å². The molecule has 0 N–H and O–H groups in total. The Kier molecular flexibility index (Phi) is 5.80. The summed E-state index contributed by atoms with van der Waals surface area (Å²) in [6, 6.07) is 24.3. The Morgan fingerprint density at radius 3 is 2.41 bits per heavy atom. The van der Waals surface area contributed by atoms with E-state index in [1.807, 2.05) is 54.6 Å². The quantitative estimate of drug-likeness (QED) is 0.364. The van der Waals surface area contributed by atoms with E-state index in [0.717, 1.165) is 41.3 Å². The Hall–Kier alpha value is -3.27. The van der Waals surface area contributed by atoms with E-state index in [1.165, 1.54) is 11.1 Å². The number of nitrogens with zero attached hydrogens (tertiary/aromatic N) is 2. The van der Waals surface area contributed by atoms with Crippen molar-refractivity contribution in [2.45, 2.75) is 33.4 Å². The number of aryl methyl sites for hydroxylation is 3. The zero-order valence-corrected chi connectivity index (χ0v) is 17.0. The Bertz CT molecular complexity index is 1090. The number of fused-ring (bicyclic) bond motifs is 1. The van der Waals surface area contributed by atoms with Crippen molar-refractivity contribution in [1.29, 1.82) is 0 Å². The molecule has 0 fully saturated rings. The standard InChI is InChI=1S/C25H26N2O2/c1-19-13-14-22(17-20(19)2)28-16-8-15-27-24-12-7-6-11-23(24)26-25(27)18-29-21-9-4-3-5-10-21/h3-7,9-14,17H,8,15-16,18H2,1-2H3. The van der Waals surface area contributed by atoms with E-state index in [0.29, 0.717) is 13.2 Å². The molecule has 0 unspecified atom stereocenters. The van der Waals surface area contributed by atoms with Crippen LogP contribution in [0.15, 0.2) is 72.8 Å². The molecule has 1 aromatic heterocycles. The first-order valence-electron chi connectivity index (χ1n) is 10.0. The van der Waals surface area contributed by atoms with E-state index in [2.05, 4.69) is 36.6 Å². The van der Waals surface area contributed by atoms with Crippen LogP contribution < -0.4 is 9.47 Å². The lowest BCUT2D eigenvalue weighted by atomic mass is 10.1. The van der Waals surface area contributed by atoms with Crippen LogP contribution in [0.2, 0.25) is 0 Å². The molecule has 0 saturated heterocycles. The molecule has 4 heteroatoms. The van der Waals surface area contributed by atoms with Gasteiger partial charge in [0.25, 0.3) is 0 Å². The van der Waals surface area contributed by atoms with E-state index in [1.54, 1.807) is 0 Å². The lowest BCUT2D eigenvalue weighted by Crippen LogP contribution is -2.10. The molecule has 3 aromatic carbocycles. The van der Waals surface area contributed by atoms with Gasteiger partial charge in [-0.25, -0.2) is 4.98 Å². The molecular formula is C25H26N2O2. The van der Waals surface area contributed by atoms with Gasteiger partial charge in [-0.3, -0.25) is 0 Å². The van der Waals surface area contributed by atoms with Crippen LogP contribution in [0, 0.1) is 13.8 Å². The molecule has 0 aliphatic heterocycles. The number of hydrogen-bond acceptors (Lipinski definition) is 3. The van der Waals surface area contributed by atoms with Crippen molar-refractivity contribution in [2.75, 3.05) is 6.61 Å². The Morgan fingerprint density at radius 2 is 1.59 bits per heavy atom. The molecule has 0 amide bonds. The van der Waals surface area contributed by atoms with Gasteiger partial charge >= 0.3 is 0 Å². The highest BCUT2D eigenvalue weighted by atomic mass is 16.5. The molecule has 4 aromatic rings. The third-order valence-corrected chi connectivity index (χ3v) is 5.12. The zero-order valence-electron chi connectivity index (χ0n) is 17.0. The van der Waals surface area contributed by atoms with Gasteiger partial charge in [0.1, 0.15) is 23.9 Å². The van der Waals surface area contributed by atoms with Crippen molar-refractivity contribution in [3.8, 4) is 11.5 Å². The summed E-state index contributed by atoms with van der Waals surface area (Å²) in [5.74, 6) is 2.71. The third-order valence-electron chi connectivity index (χ3n) is 5.12. The van der Waals surface area contributed by atoms with Gasteiger partial charge in [-0.05, 0) is 67.8 Å². The van der Waals surface area contributed by atoms with E-state index >= 15 is 0 Å². The summed E-state index contributed by atoms with van der Waals surface area (Å²) in [7, 11) is 0. The molecule has 0 saturated carbocycles. The second-order valence-corrected chi connectivity index (χ2v) is 7.22. The first kappa shape index (κ1) is 19.1. The van der Waals surface area contributed by atoms with E-state index in [4.69, 9.17) is 14.5 Å². The fourth-order valence-electron chi connectivity index (χ4n) is 3.37. The fourth-order valence-corrected chi connectivity index (χ4v) is 3.37. The number of imidazole rings is 1. The van der Waals surface area contributed by atoms with Gasteiger partial charge in [-0.15, -0.1) is 0 Å². The van der Waals surface area contributed by atoms with Gasteiger partial charge in [0.05, 0.1) is 17.6 Å². The van der Waals surface area contributed by atoms with Crippen LogP contribution in [0.25, 0.3) is 11.0 Å². The maximum Gasteiger partial charge on any atom is 0.147 e. The van der Waals surface area contributed by atoms with Crippen molar-refractivity contribution in [3.63, 3.8) is 0 Å². The van der Waals surface area contributed by atoms with Crippen molar-refractivity contribution in [2.24, 2.45) is 0 Å². The Morgan fingerprint density at radius 1 is 0.793 bits per heavy atom. The summed E-state index contributed by atoms with van der Waals surface area (Å²) in [6.07, 6.45) is 0.894. The minimum atomic E-state index is 0.441. The molecule has 0 spiro atoms. The fraction of sp³-hybridized carbons (Fsp3) is 0.240. The van der Waals surface area contributed by atoms with Gasteiger partial charge in [0.2, 0.25) is 0 Å². The average molecular weight is 386 g/mol. The highest BCUT2D eigenvalue weighted by Gasteiger charge is 2.11. The zero-order chi connectivity index (χ0) is 20.1. The van der Waals surface area contributed by atoms with Gasteiger partial charge in [-0.1, -0.05) is 36.4 Å². The molecule has 29 heavy (non-hydrogen) atoms. The lowest BCUT2D eigenvalue weighted by Gasteiger charge is -2.12.